The summed E-state index contributed by atoms with van der Waals surface area (Å²) in [5, 5.41) is 0. The number of hydrogen-bond donors (Lipinski definition) is 0. The lowest BCUT2D eigenvalue weighted by Gasteiger charge is -2.32. The van der Waals surface area contributed by atoms with Crippen LogP contribution in [-0.4, -0.2) is 38.7 Å². The molecule has 0 aromatic rings. The van der Waals surface area contributed by atoms with Crippen molar-refractivity contribution in [2.75, 3.05) is 0 Å². The van der Waals surface area contributed by atoms with Crippen molar-refractivity contribution in [1.29, 1.82) is 0 Å². The van der Waals surface area contributed by atoms with E-state index in [1.807, 2.05) is 6.55 Å². The molecule has 0 aromatic carbocycles. The highest BCUT2D eigenvalue weighted by Gasteiger charge is 2.31. The quantitative estimate of drug-likeness (QED) is 0.411. The first kappa shape index (κ1) is 17.8. The van der Waals surface area contributed by atoms with Crippen LogP contribution < -0.4 is 0 Å². The summed E-state index contributed by atoms with van der Waals surface area (Å²) >= 11 is 0. The van der Waals surface area contributed by atoms with Crippen molar-refractivity contribution in [3.63, 3.8) is 0 Å². The Kier molecular flexibility index (Phi) is 6.72. The maximum atomic E-state index is 11.7. The first-order valence-electron chi connectivity index (χ1n) is 6.18. The lowest BCUT2D eigenvalue weighted by atomic mass is 10.3. The van der Waals surface area contributed by atoms with Crippen molar-refractivity contribution in [2.24, 2.45) is 0 Å². The summed E-state index contributed by atoms with van der Waals surface area (Å²) in [5.41, 5.74) is 0.286. The molecule has 0 aliphatic carbocycles. The lowest BCUT2D eigenvalue weighted by molar-refractivity contribution is -0.132. The van der Waals surface area contributed by atoms with E-state index in [2.05, 4.69) is 45.9 Å². The summed E-state index contributed by atoms with van der Waals surface area (Å²) in [7, 11) is -4.41. The third kappa shape index (κ3) is 7.98. The maximum absolute atomic E-state index is 11.7. The van der Waals surface area contributed by atoms with Gasteiger partial charge in [0.25, 0.3) is 0 Å². The minimum atomic E-state index is -1.81. The highest BCUT2D eigenvalue weighted by atomic mass is 28.4. The van der Waals surface area contributed by atoms with E-state index < -0.39 is 32.7 Å². The molecule has 7 heteroatoms. The summed E-state index contributed by atoms with van der Waals surface area (Å²) in [6, 6.07) is 0. The molecule has 0 aliphatic rings. The van der Waals surface area contributed by atoms with E-state index in [1.54, 1.807) is 0 Å². The summed E-state index contributed by atoms with van der Waals surface area (Å²) in [5.74, 6) is -0.384. The Morgan fingerprint density at radius 3 is 1.72 bits per heavy atom. The summed E-state index contributed by atoms with van der Waals surface area (Å²) < 4.78 is 16.9. The van der Waals surface area contributed by atoms with Gasteiger partial charge in [0.2, 0.25) is 9.76 Å². The van der Waals surface area contributed by atoms with Gasteiger partial charge in [0.05, 0.1) is 5.57 Å². The zero-order chi connectivity index (χ0) is 14.6. The first-order chi connectivity index (χ1) is 7.96. The number of carbonyl (C=O) groups excluding carboxylic acids is 1. The van der Waals surface area contributed by atoms with Crippen LogP contribution in [-0.2, 0) is 18.1 Å². The van der Waals surface area contributed by atoms with Crippen LogP contribution in [0.3, 0.4) is 0 Å². The van der Waals surface area contributed by atoms with Crippen LogP contribution in [0.5, 0.6) is 0 Å². The van der Waals surface area contributed by atoms with Crippen LogP contribution in [0.2, 0.25) is 45.8 Å². The van der Waals surface area contributed by atoms with Gasteiger partial charge in [0.15, 0.2) is 22.9 Å². The third-order valence-electron chi connectivity index (χ3n) is 1.74. The molecule has 0 radical (unpaired) electrons. The van der Waals surface area contributed by atoms with Crippen molar-refractivity contribution in [3.05, 3.63) is 12.2 Å². The molecule has 0 saturated heterocycles. The topological polar surface area (TPSA) is 44.8 Å². The van der Waals surface area contributed by atoms with Crippen molar-refractivity contribution in [1.82, 2.24) is 0 Å². The lowest BCUT2D eigenvalue weighted by Crippen LogP contribution is -2.42. The minimum Gasteiger partial charge on any atom is -0.522 e. The van der Waals surface area contributed by atoms with E-state index >= 15 is 0 Å². The highest BCUT2D eigenvalue weighted by Crippen LogP contribution is 2.19. The Hall–Kier alpha value is -0.219. The zero-order valence-electron chi connectivity index (χ0n) is 12.6. The molecular formula is C11H26O4Si3. The predicted octanol–water partition coefficient (Wildman–Crippen LogP) is 2.25. The van der Waals surface area contributed by atoms with E-state index in [0.29, 0.717) is 0 Å². The second-order valence-electron chi connectivity index (χ2n) is 6.04. The fourth-order valence-electron chi connectivity index (χ4n) is 1.13. The molecule has 0 aromatic heterocycles. The molecule has 0 unspecified atom stereocenters. The summed E-state index contributed by atoms with van der Waals surface area (Å²) in [6.07, 6.45) is -0.656. The Balaban J connectivity index is 4.86. The molecular weight excluding hydrogens is 280 g/mol. The van der Waals surface area contributed by atoms with E-state index in [4.69, 9.17) is 13.3 Å². The van der Waals surface area contributed by atoms with Crippen LogP contribution >= 0.6 is 0 Å². The van der Waals surface area contributed by atoms with Crippen LogP contribution in [0.15, 0.2) is 12.2 Å². The molecule has 0 atom stereocenters. The molecule has 18 heavy (non-hydrogen) atoms. The van der Waals surface area contributed by atoms with Gasteiger partial charge in [-0.2, -0.15) is 0 Å². The molecule has 106 valence electrons. The number of hydrogen-bond acceptors (Lipinski definition) is 4. The smallest absolute Gasteiger partial charge is 0.324 e. The van der Waals surface area contributed by atoms with Gasteiger partial charge in [-0.3, -0.25) is 0 Å². The van der Waals surface area contributed by atoms with Crippen LogP contribution in [0.1, 0.15) is 0 Å². The van der Waals surface area contributed by atoms with Gasteiger partial charge in [-0.15, -0.1) is 0 Å². The van der Waals surface area contributed by atoms with Gasteiger partial charge in [0.1, 0.15) is 0 Å². The van der Waals surface area contributed by atoms with E-state index in [-0.39, 0.29) is 11.5 Å². The second kappa shape index (κ2) is 6.81. The largest absolute Gasteiger partial charge is 0.522 e. The molecule has 0 fully saturated rings. The highest BCUT2D eigenvalue weighted by molar-refractivity contribution is 6.70. The monoisotopic (exact) mass is 306 g/mol. The fourth-order valence-corrected chi connectivity index (χ4v) is 3.34. The second-order valence-corrected chi connectivity index (χ2v) is 15.8. The molecule has 0 spiro atoms. The average Bonchev–Trinajstić information content (AvgIpc) is 2.11. The van der Waals surface area contributed by atoms with E-state index in [9.17, 15) is 4.79 Å². The van der Waals surface area contributed by atoms with Crippen LogP contribution in [0.4, 0.5) is 0 Å². The van der Waals surface area contributed by atoms with Gasteiger partial charge >= 0.3 is 5.97 Å². The molecule has 0 amide bonds. The molecule has 0 rings (SSSR count). The van der Waals surface area contributed by atoms with Gasteiger partial charge in [-0.1, -0.05) is 6.58 Å². The molecule has 0 saturated carbocycles. The summed E-state index contributed by atoms with van der Waals surface area (Å²) in [4.78, 5) is 11.7. The zero-order valence-corrected chi connectivity index (χ0v) is 16.0. The molecule has 0 bridgehead atoms. The minimum absolute atomic E-state index is 0.286. The molecule has 4 nitrogen and oxygen atoms in total. The Labute approximate surface area is 115 Å². The van der Waals surface area contributed by atoms with E-state index in [0.717, 1.165) is 0 Å². The number of rotatable bonds is 7. The van der Waals surface area contributed by atoms with Crippen molar-refractivity contribution >= 4 is 32.4 Å². The maximum Gasteiger partial charge on any atom is 0.324 e. The molecule has 0 heterocycles. The van der Waals surface area contributed by atoms with Gasteiger partial charge in [-0.25, -0.2) is 4.79 Å². The van der Waals surface area contributed by atoms with Gasteiger partial charge < -0.3 is 13.3 Å². The Morgan fingerprint density at radius 1 is 1.06 bits per heavy atom. The van der Waals surface area contributed by atoms with Crippen molar-refractivity contribution < 1.29 is 18.1 Å². The average molecular weight is 307 g/mol. The van der Waals surface area contributed by atoms with Gasteiger partial charge in [-0.05, 0) is 45.8 Å². The van der Waals surface area contributed by atoms with Crippen LogP contribution in [0, 0.1) is 0 Å². The van der Waals surface area contributed by atoms with E-state index in [1.165, 1.54) is 0 Å². The Morgan fingerprint density at radius 2 is 1.44 bits per heavy atom. The first-order valence-corrected chi connectivity index (χ1v) is 15.0. The van der Waals surface area contributed by atoms with Crippen molar-refractivity contribution in [3.8, 4) is 0 Å². The molecule has 0 N–H and O–H groups in total. The third-order valence-corrected chi connectivity index (χ3v) is 4.14. The van der Waals surface area contributed by atoms with Crippen molar-refractivity contribution in [2.45, 2.75) is 52.1 Å². The Bertz CT molecular complexity index is 288. The predicted molar refractivity (Wildman–Crippen MR) is 82.3 cm³/mol. The SMILES string of the molecule is C=C(C(=O)O[SiH2]C)C(O[Si](C)(C)C)O[Si](C)(C)C. The van der Waals surface area contributed by atoms with Crippen LogP contribution in [0.25, 0.3) is 0 Å². The summed E-state index contributed by atoms with van der Waals surface area (Å²) in [6.45, 7) is 18.0. The fraction of sp³-hybridized carbons (Fsp3) is 0.727. The standard InChI is InChI=1S/C11H26O4Si3/c1-9(10(12)13-16-2)11(14-17(3,4)5)15-18(6,7)8/h11H,1,16H2,2-8H3. The van der Waals surface area contributed by atoms with Gasteiger partial charge in [0, 0.05) is 0 Å². The molecule has 0 aliphatic heterocycles. The number of carbonyl (C=O) groups is 1. The normalized spacial score (nSPS) is 13.3.